The molecule has 0 unspecified atom stereocenters. The van der Waals surface area contributed by atoms with Crippen LogP contribution in [0, 0.1) is 0 Å². The van der Waals surface area contributed by atoms with Crippen LogP contribution in [0.2, 0.25) is 10.0 Å². The molecule has 0 atom stereocenters. The number of hydrogen-bond donors (Lipinski definition) is 1. The second-order valence-electron chi connectivity index (χ2n) is 4.66. The molecule has 22 heavy (non-hydrogen) atoms. The van der Waals surface area contributed by atoms with Crippen molar-refractivity contribution in [2.45, 2.75) is 13.3 Å². The topological polar surface area (TPSA) is 41.5 Å². The van der Waals surface area contributed by atoms with Crippen LogP contribution in [0.25, 0.3) is 0 Å². The maximum absolute atomic E-state index is 11.9. The van der Waals surface area contributed by atoms with E-state index in [0.717, 1.165) is 15.6 Å². The number of nitrogens with zero attached hydrogens (tertiary/aromatic N) is 1. The maximum Gasteiger partial charge on any atom is 0.244 e. The van der Waals surface area contributed by atoms with Crippen molar-refractivity contribution in [3.8, 4) is 0 Å². The lowest BCUT2D eigenvalue weighted by Crippen LogP contribution is -2.21. The van der Waals surface area contributed by atoms with Gasteiger partial charge in [0, 0.05) is 4.47 Å². The van der Waals surface area contributed by atoms with E-state index in [1.165, 1.54) is 0 Å². The average Bonchev–Trinajstić information content (AvgIpc) is 2.50. The molecular formula is C16H13BrCl2N2O. The Morgan fingerprint density at radius 2 is 1.82 bits per heavy atom. The Kier molecular flexibility index (Phi) is 6.00. The largest absolute Gasteiger partial charge is 0.273 e. The van der Waals surface area contributed by atoms with Crippen LogP contribution in [0.3, 0.4) is 0 Å². The molecule has 1 amide bonds. The van der Waals surface area contributed by atoms with E-state index in [2.05, 4.69) is 26.5 Å². The summed E-state index contributed by atoms with van der Waals surface area (Å²) in [5.41, 5.74) is 4.92. The standard InChI is InChI=1S/C16H13BrCl2N2O/c1-10(12-4-7-14(18)15(19)9-12)20-21-16(22)8-11-2-5-13(17)6-3-11/h2-7,9H,8H2,1H3,(H,21,22)/b20-10+. The van der Waals surface area contributed by atoms with Gasteiger partial charge in [-0.3, -0.25) is 4.79 Å². The van der Waals surface area contributed by atoms with Crippen LogP contribution in [0.1, 0.15) is 18.1 Å². The minimum atomic E-state index is -0.179. The van der Waals surface area contributed by atoms with Crippen LogP contribution in [0.4, 0.5) is 0 Å². The van der Waals surface area contributed by atoms with Gasteiger partial charge in [-0.25, -0.2) is 5.43 Å². The molecule has 0 bridgehead atoms. The van der Waals surface area contributed by atoms with Gasteiger partial charge in [0.15, 0.2) is 0 Å². The smallest absolute Gasteiger partial charge is 0.244 e. The molecule has 6 heteroatoms. The van der Waals surface area contributed by atoms with Crippen molar-refractivity contribution in [1.29, 1.82) is 0 Å². The van der Waals surface area contributed by atoms with E-state index >= 15 is 0 Å². The molecule has 0 saturated carbocycles. The number of amides is 1. The number of rotatable bonds is 4. The van der Waals surface area contributed by atoms with E-state index in [-0.39, 0.29) is 12.3 Å². The molecule has 0 aromatic heterocycles. The molecule has 114 valence electrons. The molecule has 2 aromatic rings. The fourth-order valence-corrected chi connectivity index (χ4v) is 2.32. The molecule has 0 aliphatic heterocycles. The SMILES string of the molecule is C/C(=N\NC(=O)Cc1ccc(Br)cc1)c1ccc(Cl)c(Cl)c1. The van der Waals surface area contributed by atoms with Gasteiger partial charge in [-0.2, -0.15) is 5.10 Å². The van der Waals surface area contributed by atoms with Crippen LogP contribution in [-0.4, -0.2) is 11.6 Å². The first-order valence-corrected chi connectivity index (χ1v) is 8.03. The number of carbonyl (C=O) groups excluding carboxylic acids is 1. The molecule has 1 N–H and O–H groups in total. The third kappa shape index (κ3) is 4.83. The van der Waals surface area contributed by atoms with Crippen molar-refractivity contribution in [1.82, 2.24) is 5.43 Å². The quantitative estimate of drug-likeness (QED) is 0.580. The van der Waals surface area contributed by atoms with E-state index in [4.69, 9.17) is 23.2 Å². The fraction of sp³-hybridized carbons (Fsp3) is 0.125. The Balaban J connectivity index is 1.99. The minimum absolute atomic E-state index is 0.179. The summed E-state index contributed by atoms with van der Waals surface area (Å²) in [5.74, 6) is -0.179. The van der Waals surface area contributed by atoms with Gasteiger partial charge < -0.3 is 0 Å². The van der Waals surface area contributed by atoms with Gasteiger partial charge in [0.2, 0.25) is 5.91 Å². The molecule has 0 aliphatic carbocycles. The Bertz CT molecular complexity index is 715. The number of hydrogen-bond acceptors (Lipinski definition) is 2. The summed E-state index contributed by atoms with van der Waals surface area (Å²) in [7, 11) is 0. The first-order chi connectivity index (χ1) is 10.5. The van der Waals surface area contributed by atoms with Gasteiger partial charge in [0.25, 0.3) is 0 Å². The van der Waals surface area contributed by atoms with Gasteiger partial charge in [-0.15, -0.1) is 0 Å². The molecule has 0 saturated heterocycles. The Morgan fingerprint density at radius 3 is 2.45 bits per heavy atom. The predicted octanol–water partition coefficient (Wildman–Crippen LogP) is 4.84. The fourth-order valence-electron chi connectivity index (χ4n) is 1.76. The zero-order valence-electron chi connectivity index (χ0n) is 11.7. The van der Waals surface area contributed by atoms with E-state index in [9.17, 15) is 4.79 Å². The molecule has 2 rings (SSSR count). The lowest BCUT2D eigenvalue weighted by atomic mass is 10.1. The minimum Gasteiger partial charge on any atom is -0.273 e. The first-order valence-electron chi connectivity index (χ1n) is 6.48. The Morgan fingerprint density at radius 1 is 1.14 bits per heavy atom. The van der Waals surface area contributed by atoms with Crippen LogP contribution in [0.5, 0.6) is 0 Å². The number of carbonyl (C=O) groups is 1. The highest BCUT2D eigenvalue weighted by atomic mass is 79.9. The van der Waals surface area contributed by atoms with Crippen molar-refractivity contribution in [2.75, 3.05) is 0 Å². The van der Waals surface area contributed by atoms with Gasteiger partial charge in [0.05, 0.1) is 22.2 Å². The number of nitrogens with one attached hydrogen (secondary N) is 1. The summed E-state index contributed by atoms with van der Waals surface area (Å²) in [5, 5.41) is 5.02. The lowest BCUT2D eigenvalue weighted by molar-refractivity contribution is -0.120. The lowest BCUT2D eigenvalue weighted by Gasteiger charge is -2.05. The molecule has 0 radical (unpaired) electrons. The van der Waals surface area contributed by atoms with E-state index in [1.807, 2.05) is 24.3 Å². The highest BCUT2D eigenvalue weighted by Crippen LogP contribution is 2.22. The summed E-state index contributed by atoms with van der Waals surface area (Å²) in [6.45, 7) is 1.79. The molecule has 0 aliphatic rings. The van der Waals surface area contributed by atoms with Gasteiger partial charge in [-0.05, 0) is 42.3 Å². The van der Waals surface area contributed by atoms with Crippen molar-refractivity contribution >= 4 is 50.8 Å². The molecule has 2 aromatic carbocycles. The third-order valence-electron chi connectivity index (χ3n) is 2.96. The van der Waals surface area contributed by atoms with Gasteiger partial charge in [0.1, 0.15) is 0 Å². The van der Waals surface area contributed by atoms with E-state index < -0.39 is 0 Å². The van der Waals surface area contributed by atoms with Crippen LogP contribution in [-0.2, 0) is 11.2 Å². The summed E-state index contributed by atoms with van der Waals surface area (Å²) < 4.78 is 0.977. The van der Waals surface area contributed by atoms with Crippen molar-refractivity contribution in [2.24, 2.45) is 5.10 Å². The van der Waals surface area contributed by atoms with Crippen LogP contribution in [0.15, 0.2) is 52.0 Å². The monoisotopic (exact) mass is 398 g/mol. The number of halogens is 3. The third-order valence-corrected chi connectivity index (χ3v) is 4.23. The highest BCUT2D eigenvalue weighted by Gasteiger charge is 2.05. The normalized spacial score (nSPS) is 11.4. The van der Waals surface area contributed by atoms with E-state index in [0.29, 0.717) is 15.8 Å². The average molecular weight is 400 g/mol. The predicted molar refractivity (Wildman–Crippen MR) is 94.7 cm³/mol. The number of hydrazone groups is 1. The summed E-state index contributed by atoms with van der Waals surface area (Å²) >= 11 is 15.2. The molecule has 0 fully saturated rings. The van der Waals surface area contributed by atoms with Crippen LogP contribution < -0.4 is 5.43 Å². The first kappa shape index (κ1) is 17.0. The second kappa shape index (κ2) is 7.77. The second-order valence-corrected chi connectivity index (χ2v) is 6.39. The molecule has 0 spiro atoms. The molecule has 0 heterocycles. The van der Waals surface area contributed by atoms with Crippen LogP contribution >= 0.6 is 39.1 Å². The summed E-state index contributed by atoms with van der Waals surface area (Å²) in [6, 6.07) is 12.8. The van der Waals surface area contributed by atoms with Crippen molar-refractivity contribution < 1.29 is 4.79 Å². The zero-order valence-corrected chi connectivity index (χ0v) is 14.8. The van der Waals surface area contributed by atoms with Crippen molar-refractivity contribution in [3.05, 3.63) is 68.1 Å². The van der Waals surface area contributed by atoms with E-state index in [1.54, 1.807) is 25.1 Å². The number of benzene rings is 2. The summed E-state index contributed by atoms with van der Waals surface area (Å²) in [4.78, 5) is 11.9. The van der Waals surface area contributed by atoms with Crippen molar-refractivity contribution in [3.63, 3.8) is 0 Å². The molecular weight excluding hydrogens is 387 g/mol. The zero-order chi connectivity index (χ0) is 16.1. The Labute approximate surface area is 147 Å². The maximum atomic E-state index is 11.9. The van der Waals surface area contributed by atoms with Gasteiger partial charge in [-0.1, -0.05) is 57.3 Å². The Hall–Kier alpha value is -1.36. The molecule has 3 nitrogen and oxygen atoms in total. The highest BCUT2D eigenvalue weighted by molar-refractivity contribution is 9.10. The van der Waals surface area contributed by atoms with Gasteiger partial charge >= 0.3 is 0 Å². The summed E-state index contributed by atoms with van der Waals surface area (Å²) in [6.07, 6.45) is 0.269.